The van der Waals surface area contributed by atoms with Gasteiger partial charge in [-0.1, -0.05) is 11.6 Å². The molecule has 2 heterocycles. The number of fused-ring (bicyclic) bond motifs is 1. The zero-order chi connectivity index (χ0) is 13.9. The first-order valence-corrected chi connectivity index (χ1v) is 6.47. The molecule has 20 heavy (non-hydrogen) atoms. The van der Waals surface area contributed by atoms with Gasteiger partial charge in [0.15, 0.2) is 11.5 Å². The lowest BCUT2D eigenvalue weighted by Gasteiger charge is -2.20. The highest BCUT2D eigenvalue weighted by Gasteiger charge is 2.19. The Morgan fingerprint density at radius 3 is 3.05 bits per heavy atom. The Labute approximate surface area is 120 Å². The molecular weight excluding hydrogens is 282 g/mol. The van der Waals surface area contributed by atoms with Crippen LogP contribution in [0.3, 0.4) is 0 Å². The van der Waals surface area contributed by atoms with Crippen molar-refractivity contribution in [2.45, 2.75) is 6.54 Å². The molecule has 0 saturated carbocycles. The van der Waals surface area contributed by atoms with Crippen molar-refractivity contribution in [2.24, 2.45) is 0 Å². The van der Waals surface area contributed by atoms with Crippen LogP contribution in [-0.2, 0) is 6.54 Å². The van der Waals surface area contributed by atoms with Gasteiger partial charge in [0.25, 0.3) is 5.91 Å². The molecule has 7 heteroatoms. The molecule has 0 spiro atoms. The fourth-order valence-corrected chi connectivity index (χ4v) is 2.17. The number of ether oxygens (including phenoxy) is 2. The molecule has 3 rings (SSSR count). The summed E-state index contributed by atoms with van der Waals surface area (Å²) in [7, 11) is 0. The zero-order valence-electron chi connectivity index (χ0n) is 10.5. The number of hydrogen-bond donors (Lipinski definition) is 2. The number of aromatic nitrogens is 2. The highest BCUT2D eigenvalue weighted by atomic mass is 35.5. The lowest BCUT2D eigenvalue weighted by atomic mass is 10.2. The third-order valence-corrected chi connectivity index (χ3v) is 3.11. The molecule has 0 saturated heterocycles. The first kappa shape index (κ1) is 12.8. The van der Waals surface area contributed by atoms with Gasteiger partial charge in [0, 0.05) is 18.0 Å². The summed E-state index contributed by atoms with van der Waals surface area (Å²) in [5.74, 6) is 1.41. The number of aromatic amines is 1. The molecule has 1 aliphatic rings. The van der Waals surface area contributed by atoms with Crippen molar-refractivity contribution < 1.29 is 14.3 Å². The highest BCUT2D eigenvalue weighted by Crippen LogP contribution is 2.38. The van der Waals surface area contributed by atoms with Crippen LogP contribution in [0.4, 0.5) is 0 Å². The molecule has 1 amide bonds. The van der Waals surface area contributed by atoms with Crippen LogP contribution in [0, 0.1) is 0 Å². The van der Waals surface area contributed by atoms with Gasteiger partial charge in [0.1, 0.15) is 19.0 Å². The van der Waals surface area contributed by atoms with Crippen LogP contribution in [0.5, 0.6) is 11.5 Å². The van der Waals surface area contributed by atoms with Crippen molar-refractivity contribution in [1.82, 2.24) is 15.3 Å². The van der Waals surface area contributed by atoms with Crippen LogP contribution in [0.15, 0.2) is 24.5 Å². The van der Waals surface area contributed by atoms with E-state index in [9.17, 15) is 4.79 Å². The summed E-state index contributed by atoms with van der Waals surface area (Å²) in [6, 6.07) is 3.18. The van der Waals surface area contributed by atoms with E-state index in [0.717, 1.165) is 0 Å². The molecule has 1 aromatic carbocycles. The minimum absolute atomic E-state index is 0.250. The van der Waals surface area contributed by atoms with E-state index in [0.29, 0.717) is 47.7 Å². The first-order valence-electron chi connectivity index (χ1n) is 6.09. The van der Waals surface area contributed by atoms with Gasteiger partial charge in [0.05, 0.1) is 11.6 Å². The topological polar surface area (TPSA) is 76.2 Å². The summed E-state index contributed by atoms with van der Waals surface area (Å²) in [5.41, 5.74) is 0.422. The normalized spacial score (nSPS) is 13.1. The number of amides is 1. The van der Waals surface area contributed by atoms with Gasteiger partial charge >= 0.3 is 0 Å². The molecule has 0 aliphatic carbocycles. The number of nitrogens with one attached hydrogen (secondary N) is 2. The Balaban J connectivity index is 1.76. The Morgan fingerprint density at radius 2 is 2.25 bits per heavy atom. The van der Waals surface area contributed by atoms with Gasteiger partial charge in [-0.15, -0.1) is 0 Å². The van der Waals surface area contributed by atoms with E-state index in [-0.39, 0.29) is 5.91 Å². The van der Waals surface area contributed by atoms with E-state index in [4.69, 9.17) is 21.1 Å². The molecule has 6 nitrogen and oxygen atoms in total. The fourth-order valence-electron chi connectivity index (χ4n) is 1.90. The van der Waals surface area contributed by atoms with Crippen molar-refractivity contribution in [3.8, 4) is 11.5 Å². The van der Waals surface area contributed by atoms with Crippen molar-refractivity contribution in [3.63, 3.8) is 0 Å². The van der Waals surface area contributed by atoms with Crippen LogP contribution < -0.4 is 14.8 Å². The van der Waals surface area contributed by atoms with Crippen LogP contribution in [0.25, 0.3) is 0 Å². The molecule has 0 bridgehead atoms. The highest BCUT2D eigenvalue weighted by molar-refractivity contribution is 6.32. The maximum Gasteiger partial charge on any atom is 0.251 e. The number of imidazole rings is 1. The Morgan fingerprint density at radius 1 is 1.40 bits per heavy atom. The maximum atomic E-state index is 12.1. The minimum atomic E-state index is -0.250. The van der Waals surface area contributed by atoms with Gasteiger partial charge < -0.3 is 19.8 Å². The monoisotopic (exact) mass is 293 g/mol. The van der Waals surface area contributed by atoms with E-state index in [1.54, 1.807) is 24.5 Å². The number of carbonyl (C=O) groups excluding carboxylic acids is 1. The smallest absolute Gasteiger partial charge is 0.251 e. The van der Waals surface area contributed by atoms with Gasteiger partial charge in [-0.05, 0) is 12.1 Å². The fraction of sp³-hybridized carbons (Fsp3) is 0.231. The zero-order valence-corrected chi connectivity index (χ0v) is 11.2. The van der Waals surface area contributed by atoms with Gasteiger partial charge in [-0.2, -0.15) is 0 Å². The second kappa shape index (κ2) is 5.42. The molecule has 1 aromatic heterocycles. The standard InChI is InChI=1S/C13H12ClN3O3/c14-9-5-8(6-10-12(9)20-4-3-19-10)13(18)17-7-11-15-1-2-16-11/h1-2,5-6H,3-4,7H2,(H,15,16)(H,17,18). The van der Waals surface area contributed by atoms with Crippen LogP contribution in [-0.4, -0.2) is 29.1 Å². The van der Waals surface area contributed by atoms with Gasteiger partial charge in [-0.3, -0.25) is 4.79 Å². The number of nitrogens with zero attached hydrogens (tertiary/aromatic N) is 1. The maximum absolute atomic E-state index is 12.1. The molecule has 2 aromatic rings. The minimum Gasteiger partial charge on any atom is -0.486 e. The second-order valence-corrected chi connectivity index (χ2v) is 4.61. The molecule has 0 radical (unpaired) electrons. The van der Waals surface area contributed by atoms with E-state index in [1.807, 2.05) is 0 Å². The summed E-state index contributed by atoms with van der Waals surface area (Å²) in [6.45, 7) is 1.22. The van der Waals surface area contributed by atoms with Crippen LogP contribution in [0.2, 0.25) is 5.02 Å². The molecule has 104 valence electrons. The number of H-pyrrole nitrogens is 1. The van der Waals surface area contributed by atoms with Crippen molar-refractivity contribution >= 4 is 17.5 Å². The Bertz CT molecular complexity index is 628. The molecule has 0 atom stereocenters. The number of hydrogen-bond acceptors (Lipinski definition) is 4. The van der Waals surface area contributed by atoms with Gasteiger partial charge in [-0.25, -0.2) is 4.98 Å². The number of benzene rings is 1. The third kappa shape index (κ3) is 2.55. The van der Waals surface area contributed by atoms with E-state index in [2.05, 4.69) is 15.3 Å². The third-order valence-electron chi connectivity index (χ3n) is 2.83. The first-order chi connectivity index (χ1) is 9.74. The van der Waals surface area contributed by atoms with E-state index >= 15 is 0 Å². The lowest BCUT2D eigenvalue weighted by molar-refractivity contribution is 0.0948. The van der Waals surface area contributed by atoms with E-state index < -0.39 is 0 Å². The summed E-state index contributed by atoms with van der Waals surface area (Å²) < 4.78 is 10.8. The molecular formula is C13H12ClN3O3. The Kier molecular flexibility index (Phi) is 3.47. The number of carbonyl (C=O) groups is 1. The van der Waals surface area contributed by atoms with Crippen molar-refractivity contribution in [2.75, 3.05) is 13.2 Å². The predicted octanol–water partition coefficient (Wildman–Crippen LogP) is 1.76. The van der Waals surface area contributed by atoms with Crippen molar-refractivity contribution in [3.05, 3.63) is 40.9 Å². The second-order valence-electron chi connectivity index (χ2n) is 4.20. The summed E-state index contributed by atoms with van der Waals surface area (Å²) >= 11 is 6.09. The number of halogens is 1. The summed E-state index contributed by atoms with van der Waals surface area (Å²) in [4.78, 5) is 19.0. The summed E-state index contributed by atoms with van der Waals surface area (Å²) in [5, 5.41) is 3.11. The van der Waals surface area contributed by atoms with E-state index in [1.165, 1.54) is 0 Å². The van der Waals surface area contributed by atoms with Crippen LogP contribution >= 0.6 is 11.6 Å². The van der Waals surface area contributed by atoms with Crippen molar-refractivity contribution in [1.29, 1.82) is 0 Å². The average Bonchev–Trinajstić information content (AvgIpc) is 2.98. The average molecular weight is 294 g/mol. The Hall–Kier alpha value is -2.21. The lowest BCUT2D eigenvalue weighted by Crippen LogP contribution is -2.24. The largest absolute Gasteiger partial charge is 0.486 e. The summed E-state index contributed by atoms with van der Waals surface area (Å²) in [6.07, 6.45) is 3.32. The predicted molar refractivity (Wildman–Crippen MR) is 72.2 cm³/mol. The van der Waals surface area contributed by atoms with Gasteiger partial charge in [0.2, 0.25) is 0 Å². The number of rotatable bonds is 3. The van der Waals surface area contributed by atoms with Crippen LogP contribution in [0.1, 0.15) is 16.2 Å². The SMILES string of the molecule is O=C(NCc1ncc[nH]1)c1cc(Cl)c2c(c1)OCCO2. The molecule has 0 fully saturated rings. The molecule has 1 aliphatic heterocycles. The quantitative estimate of drug-likeness (QED) is 0.904. The molecule has 2 N–H and O–H groups in total. The molecule has 0 unspecified atom stereocenters.